The van der Waals surface area contributed by atoms with E-state index in [2.05, 4.69) is 10.6 Å². The van der Waals surface area contributed by atoms with Crippen molar-refractivity contribution in [2.75, 3.05) is 38.2 Å². The number of para-hydroxylation sites is 1. The first-order valence-corrected chi connectivity index (χ1v) is 11.0. The molecule has 0 unspecified atom stereocenters. The van der Waals surface area contributed by atoms with Crippen LogP contribution >= 0.6 is 0 Å². The largest absolute Gasteiger partial charge is 0.490 e. The van der Waals surface area contributed by atoms with Gasteiger partial charge in [-0.15, -0.1) is 0 Å². The first kappa shape index (κ1) is 27.5. The van der Waals surface area contributed by atoms with Gasteiger partial charge in [0.1, 0.15) is 0 Å². The average Bonchev–Trinajstić information content (AvgIpc) is 2.81. The molecule has 190 valence electrons. The van der Waals surface area contributed by atoms with E-state index in [-0.39, 0.29) is 12.1 Å². The number of likely N-dealkylation sites (N-methyl/N-ethyl adjacent to an activating group) is 1. The van der Waals surface area contributed by atoms with E-state index >= 15 is 0 Å². The molecule has 3 amide bonds. The van der Waals surface area contributed by atoms with Crippen LogP contribution in [0.2, 0.25) is 0 Å². The van der Waals surface area contributed by atoms with Crippen molar-refractivity contribution in [2.24, 2.45) is 0 Å². The van der Waals surface area contributed by atoms with E-state index in [1.165, 1.54) is 24.3 Å². The molecule has 0 aliphatic heterocycles. The Labute approximate surface area is 201 Å². The second-order valence-corrected chi connectivity index (χ2v) is 7.21. The number of carbonyl (C=O) groups excluding carboxylic acids is 3. The third-order valence-corrected chi connectivity index (χ3v) is 4.78. The minimum absolute atomic E-state index is 0.112. The van der Waals surface area contributed by atoms with Crippen LogP contribution in [0, 0.1) is 0 Å². The summed E-state index contributed by atoms with van der Waals surface area (Å²) in [5.41, 5.74) is -1.14. The number of hydrogen-bond acceptors (Lipinski definition) is 5. The van der Waals surface area contributed by atoms with Crippen molar-refractivity contribution >= 4 is 23.4 Å². The summed E-state index contributed by atoms with van der Waals surface area (Å²) in [6.07, 6.45) is -4.64. The minimum atomic E-state index is -4.64. The molecule has 35 heavy (non-hydrogen) atoms. The quantitative estimate of drug-likeness (QED) is 0.495. The summed E-state index contributed by atoms with van der Waals surface area (Å²) in [5, 5.41) is 4.67. The molecule has 0 aromatic heterocycles. The van der Waals surface area contributed by atoms with Gasteiger partial charge in [0, 0.05) is 12.1 Å². The molecule has 2 aromatic rings. The summed E-state index contributed by atoms with van der Waals surface area (Å²) in [4.78, 5) is 38.5. The smallest absolute Gasteiger partial charge is 0.418 e. The molecule has 2 N–H and O–H groups in total. The number of benzene rings is 2. The molecule has 0 saturated carbocycles. The monoisotopic (exact) mass is 495 g/mol. The minimum Gasteiger partial charge on any atom is -0.490 e. The van der Waals surface area contributed by atoms with E-state index in [1.54, 1.807) is 19.9 Å². The van der Waals surface area contributed by atoms with E-state index < -0.39 is 48.2 Å². The van der Waals surface area contributed by atoms with Gasteiger partial charge >= 0.3 is 6.18 Å². The number of halogens is 3. The van der Waals surface area contributed by atoms with Crippen molar-refractivity contribution in [3.05, 3.63) is 53.6 Å². The summed E-state index contributed by atoms with van der Waals surface area (Å²) < 4.78 is 50.3. The number of rotatable bonds is 11. The molecule has 0 spiro atoms. The zero-order valence-corrected chi connectivity index (χ0v) is 19.7. The molecule has 0 bridgehead atoms. The van der Waals surface area contributed by atoms with E-state index in [9.17, 15) is 27.6 Å². The van der Waals surface area contributed by atoms with Gasteiger partial charge in [0.15, 0.2) is 11.5 Å². The van der Waals surface area contributed by atoms with Crippen LogP contribution in [0.1, 0.15) is 36.7 Å². The molecule has 11 heteroatoms. The van der Waals surface area contributed by atoms with E-state index in [0.717, 1.165) is 17.0 Å². The van der Waals surface area contributed by atoms with Gasteiger partial charge in [-0.05, 0) is 51.1 Å². The number of carbonyl (C=O) groups is 3. The van der Waals surface area contributed by atoms with Crippen molar-refractivity contribution in [3.63, 3.8) is 0 Å². The van der Waals surface area contributed by atoms with Crippen LogP contribution in [0.5, 0.6) is 11.5 Å². The molecule has 8 nitrogen and oxygen atoms in total. The highest BCUT2D eigenvalue weighted by atomic mass is 19.4. The fourth-order valence-electron chi connectivity index (χ4n) is 3.14. The molecule has 0 aliphatic carbocycles. The van der Waals surface area contributed by atoms with Crippen LogP contribution in [-0.2, 0) is 15.8 Å². The lowest BCUT2D eigenvalue weighted by atomic mass is 10.1. The fourth-order valence-corrected chi connectivity index (χ4v) is 3.14. The van der Waals surface area contributed by atoms with E-state index in [0.29, 0.717) is 24.7 Å². The Morgan fingerprint density at radius 1 is 0.943 bits per heavy atom. The lowest BCUT2D eigenvalue weighted by molar-refractivity contribution is -0.137. The molecule has 0 heterocycles. The highest BCUT2D eigenvalue weighted by Gasteiger charge is 2.33. The molecular weight excluding hydrogens is 467 g/mol. The maximum absolute atomic E-state index is 13.1. The maximum Gasteiger partial charge on any atom is 0.418 e. The molecule has 0 radical (unpaired) electrons. The van der Waals surface area contributed by atoms with Crippen LogP contribution in [0.25, 0.3) is 0 Å². The third kappa shape index (κ3) is 7.90. The van der Waals surface area contributed by atoms with Crippen molar-refractivity contribution < 1.29 is 37.0 Å². The van der Waals surface area contributed by atoms with Crippen LogP contribution in [0.4, 0.5) is 18.9 Å². The van der Waals surface area contributed by atoms with Gasteiger partial charge < -0.3 is 25.0 Å². The topological polar surface area (TPSA) is 97.0 Å². The Morgan fingerprint density at radius 2 is 1.60 bits per heavy atom. The standard InChI is InChI=1S/C24H28F3N3O5/c1-4-30(15-21(31)29-18-10-8-7-9-17(18)24(25,26)27)22(32)14-28-23(33)16-11-12-19(34-5-2)20(13-16)35-6-3/h7-13H,4-6,14-15H2,1-3H3,(H,28,33)(H,29,31). The van der Waals surface area contributed by atoms with Crippen LogP contribution in [0.15, 0.2) is 42.5 Å². The lowest BCUT2D eigenvalue weighted by Gasteiger charge is -2.21. The van der Waals surface area contributed by atoms with Crippen molar-refractivity contribution in [3.8, 4) is 11.5 Å². The maximum atomic E-state index is 13.1. The first-order chi connectivity index (χ1) is 16.6. The highest BCUT2D eigenvalue weighted by Crippen LogP contribution is 2.34. The van der Waals surface area contributed by atoms with Gasteiger partial charge in [-0.25, -0.2) is 0 Å². The normalized spacial score (nSPS) is 10.9. The number of amides is 3. The molecular formula is C24H28F3N3O5. The third-order valence-electron chi connectivity index (χ3n) is 4.78. The van der Waals surface area contributed by atoms with Crippen LogP contribution < -0.4 is 20.1 Å². The van der Waals surface area contributed by atoms with Gasteiger partial charge in [-0.3, -0.25) is 14.4 Å². The summed E-state index contributed by atoms with van der Waals surface area (Å²) in [6, 6.07) is 9.17. The zero-order valence-electron chi connectivity index (χ0n) is 19.7. The van der Waals surface area contributed by atoms with Crippen molar-refractivity contribution in [2.45, 2.75) is 26.9 Å². The second-order valence-electron chi connectivity index (χ2n) is 7.21. The molecule has 0 fully saturated rings. The van der Waals surface area contributed by atoms with E-state index in [1.807, 2.05) is 6.92 Å². The molecule has 0 atom stereocenters. The Morgan fingerprint density at radius 3 is 2.23 bits per heavy atom. The fraction of sp³-hybridized carbons (Fsp3) is 0.375. The number of hydrogen-bond donors (Lipinski definition) is 2. The predicted octanol–water partition coefficient (Wildman–Crippen LogP) is 3.72. The predicted molar refractivity (Wildman–Crippen MR) is 123 cm³/mol. The van der Waals surface area contributed by atoms with E-state index in [4.69, 9.17) is 9.47 Å². The van der Waals surface area contributed by atoms with Gasteiger partial charge in [0.25, 0.3) is 5.91 Å². The summed E-state index contributed by atoms with van der Waals surface area (Å²) >= 11 is 0. The molecule has 0 saturated heterocycles. The Balaban J connectivity index is 1.99. The molecule has 0 aliphatic rings. The van der Waals surface area contributed by atoms with Crippen LogP contribution in [0.3, 0.4) is 0 Å². The van der Waals surface area contributed by atoms with Gasteiger partial charge in [0.05, 0.1) is 37.6 Å². The second kappa shape index (κ2) is 12.6. The highest BCUT2D eigenvalue weighted by molar-refractivity contribution is 5.98. The zero-order chi connectivity index (χ0) is 26.0. The Hall–Kier alpha value is -3.76. The van der Waals surface area contributed by atoms with Crippen molar-refractivity contribution in [1.29, 1.82) is 0 Å². The summed E-state index contributed by atoms with van der Waals surface area (Å²) in [6.45, 7) is 5.23. The number of ether oxygens (including phenoxy) is 2. The molecule has 2 aromatic carbocycles. The number of nitrogens with zero attached hydrogens (tertiary/aromatic N) is 1. The van der Waals surface area contributed by atoms with Gasteiger partial charge in [-0.2, -0.15) is 13.2 Å². The average molecular weight is 495 g/mol. The van der Waals surface area contributed by atoms with Gasteiger partial charge in [0.2, 0.25) is 11.8 Å². The van der Waals surface area contributed by atoms with Gasteiger partial charge in [-0.1, -0.05) is 12.1 Å². The SMILES string of the molecule is CCOc1ccc(C(=O)NCC(=O)N(CC)CC(=O)Nc2ccccc2C(F)(F)F)cc1OCC. The lowest BCUT2D eigenvalue weighted by Crippen LogP contribution is -2.43. The number of anilines is 1. The Kier molecular flexibility index (Phi) is 9.92. The Bertz CT molecular complexity index is 1040. The van der Waals surface area contributed by atoms with Crippen LogP contribution in [-0.4, -0.2) is 55.5 Å². The summed E-state index contributed by atoms with van der Waals surface area (Å²) in [5.74, 6) is -1.04. The van der Waals surface area contributed by atoms with Crippen molar-refractivity contribution in [1.82, 2.24) is 10.2 Å². The first-order valence-electron chi connectivity index (χ1n) is 11.0. The number of nitrogens with one attached hydrogen (secondary N) is 2. The molecule has 2 rings (SSSR count). The number of alkyl halides is 3. The summed E-state index contributed by atoms with van der Waals surface area (Å²) in [7, 11) is 0.